The standard InChI is InChI=1S/C14H13F3N2O2/c1-8-13(9(2)19(3)18-8)10-4-5-11(7-20)12(6-10)21-14(15,16)17/h4-7H,1-3H3. The molecule has 0 fully saturated rings. The van der Waals surface area contributed by atoms with E-state index in [1.807, 2.05) is 6.92 Å². The van der Waals surface area contributed by atoms with Gasteiger partial charge < -0.3 is 4.74 Å². The van der Waals surface area contributed by atoms with Crippen LogP contribution in [-0.4, -0.2) is 22.4 Å². The number of carbonyl (C=O) groups is 1. The third-order valence-corrected chi connectivity index (χ3v) is 3.16. The molecule has 0 saturated carbocycles. The molecule has 0 bridgehead atoms. The molecule has 0 aliphatic rings. The van der Waals surface area contributed by atoms with E-state index in [9.17, 15) is 18.0 Å². The molecule has 0 atom stereocenters. The molecule has 0 unspecified atom stereocenters. The predicted octanol–water partition coefficient (Wildman–Crippen LogP) is 3.42. The molecule has 1 aromatic heterocycles. The lowest BCUT2D eigenvalue weighted by Crippen LogP contribution is -2.18. The van der Waals surface area contributed by atoms with E-state index in [4.69, 9.17) is 0 Å². The molecular formula is C14H13F3N2O2. The number of nitrogens with zero attached hydrogens (tertiary/aromatic N) is 2. The van der Waals surface area contributed by atoms with Crippen molar-refractivity contribution in [2.45, 2.75) is 20.2 Å². The van der Waals surface area contributed by atoms with Crippen LogP contribution in [0.4, 0.5) is 13.2 Å². The van der Waals surface area contributed by atoms with E-state index >= 15 is 0 Å². The van der Waals surface area contributed by atoms with Gasteiger partial charge in [0.1, 0.15) is 5.75 Å². The second-order valence-electron chi connectivity index (χ2n) is 4.59. The van der Waals surface area contributed by atoms with Gasteiger partial charge in [-0.15, -0.1) is 13.2 Å². The molecule has 21 heavy (non-hydrogen) atoms. The lowest BCUT2D eigenvalue weighted by atomic mass is 10.0. The van der Waals surface area contributed by atoms with E-state index in [0.29, 0.717) is 17.5 Å². The highest BCUT2D eigenvalue weighted by Crippen LogP contribution is 2.33. The first-order valence-electron chi connectivity index (χ1n) is 6.08. The van der Waals surface area contributed by atoms with Gasteiger partial charge >= 0.3 is 6.36 Å². The Hall–Kier alpha value is -2.31. The Morgan fingerprint density at radius 1 is 1.29 bits per heavy atom. The fraction of sp³-hybridized carbons (Fsp3) is 0.286. The Bertz CT molecular complexity index is 690. The summed E-state index contributed by atoms with van der Waals surface area (Å²) in [6, 6.07) is 4.08. The summed E-state index contributed by atoms with van der Waals surface area (Å²) in [6.45, 7) is 3.58. The van der Waals surface area contributed by atoms with Crippen molar-refractivity contribution in [2.75, 3.05) is 0 Å². The molecule has 0 aliphatic heterocycles. The Morgan fingerprint density at radius 2 is 1.95 bits per heavy atom. The minimum absolute atomic E-state index is 0.157. The third-order valence-electron chi connectivity index (χ3n) is 3.16. The first-order valence-corrected chi connectivity index (χ1v) is 6.08. The minimum atomic E-state index is -4.85. The highest BCUT2D eigenvalue weighted by atomic mass is 19.4. The molecule has 0 N–H and O–H groups in total. The van der Waals surface area contributed by atoms with Gasteiger partial charge in [0, 0.05) is 18.3 Å². The van der Waals surface area contributed by atoms with Crippen molar-refractivity contribution in [3.63, 3.8) is 0 Å². The number of alkyl halides is 3. The zero-order chi connectivity index (χ0) is 15.8. The van der Waals surface area contributed by atoms with Crippen LogP contribution >= 0.6 is 0 Å². The number of aldehydes is 1. The minimum Gasteiger partial charge on any atom is -0.405 e. The van der Waals surface area contributed by atoms with Crippen LogP contribution < -0.4 is 4.74 Å². The van der Waals surface area contributed by atoms with E-state index in [-0.39, 0.29) is 5.56 Å². The largest absolute Gasteiger partial charge is 0.573 e. The van der Waals surface area contributed by atoms with Crippen LogP contribution in [-0.2, 0) is 7.05 Å². The summed E-state index contributed by atoms with van der Waals surface area (Å²) in [4.78, 5) is 10.8. The van der Waals surface area contributed by atoms with Gasteiger partial charge in [-0.1, -0.05) is 6.07 Å². The maximum Gasteiger partial charge on any atom is 0.573 e. The molecule has 4 nitrogen and oxygen atoms in total. The highest BCUT2D eigenvalue weighted by molar-refractivity contribution is 5.82. The molecule has 1 aromatic carbocycles. The van der Waals surface area contributed by atoms with Crippen LogP contribution in [0, 0.1) is 13.8 Å². The number of rotatable bonds is 3. The van der Waals surface area contributed by atoms with Crippen molar-refractivity contribution >= 4 is 6.29 Å². The maximum atomic E-state index is 12.4. The fourth-order valence-electron chi connectivity index (χ4n) is 2.19. The van der Waals surface area contributed by atoms with Crippen molar-refractivity contribution in [3.8, 4) is 16.9 Å². The van der Waals surface area contributed by atoms with Crippen molar-refractivity contribution in [2.24, 2.45) is 7.05 Å². The van der Waals surface area contributed by atoms with E-state index in [0.717, 1.165) is 11.3 Å². The van der Waals surface area contributed by atoms with Crippen LogP contribution in [0.25, 0.3) is 11.1 Å². The second kappa shape index (κ2) is 5.23. The van der Waals surface area contributed by atoms with Gasteiger partial charge in [0.15, 0.2) is 6.29 Å². The van der Waals surface area contributed by atoms with E-state index in [1.165, 1.54) is 12.1 Å². The number of halogens is 3. The number of hydrogen-bond acceptors (Lipinski definition) is 3. The monoisotopic (exact) mass is 298 g/mol. The fourth-order valence-corrected chi connectivity index (χ4v) is 2.19. The topological polar surface area (TPSA) is 44.1 Å². The third kappa shape index (κ3) is 3.07. The summed E-state index contributed by atoms with van der Waals surface area (Å²) in [5, 5.41) is 4.22. The first-order chi connectivity index (χ1) is 9.73. The number of aryl methyl sites for hydroxylation is 2. The van der Waals surface area contributed by atoms with Crippen molar-refractivity contribution < 1.29 is 22.7 Å². The van der Waals surface area contributed by atoms with E-state index in [2.05, 4.69) is 9.84 Å². The average Bonchev–Trinajstić information content (AvgIpc) is 2.61. The zero-order valence-electron chi connectivity index (χ0n) is 11.7. The second-order valence-corrected chi connectivity index (χ2v) is 4.59. The summed E-state index contributed by atoms with van der Waals surface area (Å²) in [6.07, 6.45) is -4.52. The van der Waals surface area contributed by atoms with E-state index in [1.54, 1.807) is 24.7 Å². The molecule has 1 heterocycles. The molecule has 0 spiro atoms. The zero-order valence-corrected chi connectivity index (χ0v) is 11.7. The van der Waals surface area contributed by atoms with Crippen LogP contribution in [0.5, 0.6) is 5.75 Å². The first kappa shape index (κ1) is 15.1. The van der Waals surface area contributed by atoms with E-state index < -0.39 is 12.1 Å². The van der Waals surface area contributed by atoms with Crippen molar-refractivity contribution in [1.29, 1.82) is 0 Å². The number of hydrogen-bond donors (Lipinski definition) is 0. The van der Waals surface area contributed by atoms with Crippen molar-refractivity contribution in [3.05, 3.63) is 35.2 Å². The smallest absolute Gasteiger partial charge is 0.405 e. The number of carbonyl (C=O) groups excluding carboxylic acids is 1. The Balaban J connectivity index is 2.56. The van der Waals surface area contributed by atoms with Gasteiger partial charge in [0.25, 0.3) is 0 Å². The normalized spacial score (nSPS) is 11.5. The maximum absolute atomic E-state index is 12.4. The molecule has 112 valence electrons. The van der Waals surface area contributed by atoms with Gasteiger partial charge in [-0.05, 0) is 31.5 Å². The number of benzene rings is 1. The highest BCUT2D eigenvalue weighted by Gasteiger charge is 2.32. The summed E-state index contributed by atoms with van der Waals surface area (Å²) in [5.41, 5.74) is 2.58. The van der Waals surface area contributed by atoms with Gasteiger partial charge in [0.2, 0.25) is 0 Å². The predicted molar refractivity (Wildman–Crippen MR) is 70.2 cm³/mol. The summed E-state index contributed by atoms with van der Waals surface area (Å²) in [5.74, 6) is -0.516. The molecule has 0 saturated heterocycles. The van der Waals surface area contributed by atoms with Gasteiger partial charge in [-0.3, -0.25) is 9.48 Å². The van der Waals surface area contributed by atoms with Crippen LogP contribution in [0.2, 0.25) is 0 Å². The Morgan fingerprint density at radius 3 is 2.43 bits per heavy atom. The number of aromatic nitrogens is 2. The Labute approximate surface area is 119 Å². The molecule has 2 aromatic rings. The molecule has 0 aliphatic carbocycles. The van der Waals surface area contributed by atoms with Crippen LogP contribution in [0.3, 0.4) is 0 Å². The molecule has 7 heteroatoms. The van der Waals surface area contributed by atoms with Gasteiger partial charge in [-0.25, -0.2) is 0 Å². The average molecular weight is 298 g/mol. The lowest BCUT2D eigenvalue weighted by Gasteiger charge is -2.12. The molecule has 0 radical (unpaired) electrons. The Kier molecular flexibility index (Phi) is 3.76. The van der Waals surface area contributed by atoms with Crippen LogP contribution in [0.15, 0.2) is 18.2 Å². The molecule has 2 rings (SSSR count). The SMILES string of the molecule is Cc1nn(C)c(C)c1-c1ccc(C=O)c(OC(F)(F)F)c1. The molecular weight excluding hydrogens is 285 g/mol. The summed E-state index contributed by atoms with van der Waals surface area (Å²) in [7, 11) is 1.75. The lowest BCUT2D eigenvalue weighted by molar-refractivity contribution is -0.274. The van der Waals surface area contributed by atoms with Crippen molar-refractivity contribution in [1.82, 2.24) is 9.78 Å². The molecule has 0 amide bonds. The number of ether oxygens (including phenoxy) is 1. The van der Waals surface area contributed by atoms with Crippen LogP contribution in [0.1, 0.15) is 21.7 Å². The summed E-state index contributed by atoms with van der Waals surface area (Å²) >= 11 is 0. The summed E-state index contributed by atoms with van der Waals surface area (Å²) < 4.78 is 42.8. The van der Waals surface area contributed by atoms with Gasteiger partial charge in [-0.2, -0.15) is 5.10 Å². The van der Waals surface area contributed by atoms with Gasteiger partial charge in [0.05, 0.1) is 11.3 Å². The quantitative estimate of drug-likeness (QED) is 0.816.